The van der Waals surface area contributed by atoms with E-state index in [9.17, 15) is 14.4 Å². The van der Waals surface area contributed by atoms with Crippen LogP contribution in [0.1, 0.15) is 12.8 Å². The molecule has 1 amide bonds. The lowest BCUT2D eigenvalue weighted by Gasteiger charge is -2.05. The third-order valence-electron chi connectivity index (χ3n) is 2.44. The maximum absolute atomic E-state index is 11.6. The molecule has 0 bridgehead atoms. The quantitative estimate of drug-likeness (QED) is 0.420. The molecule has 6 nitrogen and oxygen atoms in total. The first-order valence-electron chi connectivity index (χ1n) is 6.21. The summed E-state index contributed by atoms with van der Waals surface area (Å²) in [6.45, 7) is 0.581. The first kappa shape index (κ1) is 15.7. The van der Waals surface area contributed by atoms with Gasteiger partial charge in [-0.05, 0) is 12.8 Å². The molecule has 0 aromatic carbocycles. The highest BCUT2D eigenvalue weighted by atomic mass is 16.5. The maximum atomic E-state index is 11.6. The summed E-state index contributed by atoms with van der Waals surface area (Å²) < 4.78 is 9.16. The third-order valence-corrected chi connectivity index (χ3v) is 2.44. The van der Waals surface area contributed by atoms with E-state index >= 15 is 0 Å². The van der Waals surface area contributed by atoms with Crippen molar-refractivity contribution >= 4 is 17.8 Å². The van der Waals surface area contributed by atoms with Crippen LogP contribution in [0.25, 0.3) is 0 Å². The van der Waals surface area contributed by atoms with Crippen molar-refractivity contribution in [2.24, 2.45) is 0 Å². The number of esters is 2. The van der Waals surface area contributed by atoms with Crippen molar-refractivity contribution in [3.8, 4) is 0 Å². The van der Waals surface area contributed by atoms with Gasteiger partial charge >= 0.3 is 11.9 Å². The molecule has 1 rings (SSSR count). The van der Waals surface area contributed by atoms with E-state index in [0.29, 0.717) is 18.5 Å². The van der Waals surface area contributed by atoms with Crippen LogP contribution in [0.15, 0.2) is 36.0 Å². The van der Waals surface area contributed by atoms with Gasteiger partial charge in [0.2, 0.25) is 0 Å². The van der Waals surface area contributed by atoms with E-state index in [4.69, 9.17) is 4.74 Å². The fraction of sp³-hybridized carbons (Fsp3) is 0.357. The molecule has 1 N–H and O–H groups in total. The van der Waals surface area contributed by atoms with E-state index in [2.05, 4.69) is 10.1 Å². The van der Waals surface area contributed by atoms with Crippen molar-refractivity contribution < 1.29 is 23.9 Å². The van der Waals surface area contributed by atoms with Crippen LogP contribution in [-0.2, 0) is 23.9 Å². The maximum Gasteiger partial charge on any atom is 0.331 e. The number of nitrogens with one attached hydrogen (secondary N) is 1. The first-order chi connectivity index (χ1) is 9.63. The molecular weight excluding hydrogens is 262 g/mol. The summed E-state index contributed by atoms with van der Waals surface area (Å²) in [6.07, 6.45) is 8.79. The molecule has 6 heteroatoms. The van der Waals surface area contributed by atoms with Crippen LogP contribution in [-0.4, -0.2) is 38.1 Å². The topological polar surface area (TPSA) is 81.7 Å². The van der Waals surface area contributed by atoms with Crippen LogP contribution in [0.2, 0.25) is 0 Å². The molecule has 1 aliphatic rings. The molecule has 0 aromatic rings. The minimum Gasteiger partial charge on any atom is -0.466 e. The lowest BCUT2D eigenvalue weighted by molar-refractivity contribution is -0.139. The van der Waals surface area contributed by atoms with Gasteiger partial charge in [-0.25, -0.2) is 9.59 Å². The predicted molar refractivity (Wildman–Crippen MR) is 71.6 cm³/mol. The van der Waals surface area contributed by atoms with E-state index in [0.717, 1.165) is 18.6 Å². The number of carbonyl (C=O) groups excluding carboxylic acids is 3. The van der Waals surface area contributed by atoms with Crippen LogP contribution in [0.4, 0.5) is 0 Å². The molecule has 0 spiro atoms. The molecule has 0 aliphatic heterocycles. The van der Waals surface area contributed by atoms with Crippen molar-refractivity contribution in [3.05, 3.63) is 36.0 Å². The van der Waals surface area contributed by atoms with E-state index in [1.165, 1.54) is 7.11 Å². The van der Waals surface area contributed by atoms with E-state index in [1.807, 2.05) is 12.2 Å². The number of rotatable bonds is 7. The first-order valence-corrected chi connectivity index (χ1v) is 6.21. The number of allylic oxidation sites excluding steroid dienone is 2. The fourth-order valence-electron chi connectivity index (χ4n) is 1.43. The molecular formula is C14H17NO5. The highest BCUT2D eigenvalue weighted by molar-refractivity contribution is 5.96. The van der Waals surface area contributed by atoms with E-state index < -0.39 is 11.9 Å². The minimum absolute atomic E-state index is 0.129. The second-order valence-electron chi connectivity index (χ2n) is 3.93. The summed E-state index contributed by atoms with van der Waals surface area (Å²) in [7, 11) is 1.22. The Kier molecular flexibility index (Phi) is 6.81. The van der Waals surface area contributed by atoms with Gasteiger partial charge in [0.25, 0.3) is 5.91 Å². The summed E-state index contributed by atoms with van der Waals surface area (Å²) in [4.78, 5) is 33.4. The lowest BCUT2D eigenvalue weighted by Crippen LogP contribution is -2.26. The second-order valence-corrected chi connectivity index (χ2v) is 3.93. The zero-order chi connectivity index (χ0) is 14.8. The summed E-state index contributed by atoms with van der Waals surface area (Å²) >= 11 is 0. The molecule has 0 heterocycles. The summed E-state index contributed by atoms with van der Waals surface area (Å²) in [6, 6.07) is 0. The molecule has 20 heavy (non-hydrogen) atoms. The molecule has 0 atom stereocenters. The van der Waals surface area contributed by atoms with Crippen molar-refractivity contribution in [2.45, 2.75) is 12.8 Å². The number of methoxy groups -OCH3 is 1. The number of hydrogen-bond acceptors (Lipinski definition) is 5. The molecule has 0 unspecified atom stereocenters. The molecule has 0 saturated carbocycles. The largest absolute Gasteiger partial charge is 0.466 e. The molecule has 1 aliphatic carbocycles. The predicted octanol–water partition coefficient (Wildman–Crippen LogP) is 0.651. The van der Waals surface area contributed by atoms with Crippen LogP contribution < -0.4 is 5.32 Å². The summed E-state index contributed by atoms with van der Waals surface area (Å²) in [5.41, 5.74) is 0.656. The Hall–Kier alpha value is -2.37. The van der Waals surface area contributed by atoms with Gasteiger partial charge in [-0.3, -0.25) is 4.79 Å². The van der Waals surface area contributed by atoms with Gasteiger partial charge < -0.3 is 14.8 Å². The normalized spacial score (nSPS) is 13.2. The van der Waals surface area contributed by atoms with Gasteiger partial charge in [0, 0.05) is 24.3 Å². The van der Waals surface area contributed by atoms with E-state index in [-0.39, 0.29) is 12.5 Å². The van der Waals surface area contributed by atoms with Gasteiger partial charge in [0.1, 0.15) is 0 Å². The Morgan fingerprint density at radius 2 is 2.05 bits per heavy atom. The second kappa shape index (κ2) is 8.68. The average molecular weight is 279 g/mol. The molecule has 0 aromatic heterocycles. The number of carbonyl (C=O) groups is 3. The van der Waals surface area contributed by atoms with Crippen LogP contribution in [0.3, 0.4) is 0 Å². The van der Waals surface area contributed by atoms with Gasteiger partial charge in [-0.15, -0.1) is 0 Å². The Morgan fingerprint density at radius 1 is 1.30 bits per heavy atom. The molecule has 0 fully saturated rings. The van der Waals surface area contributed by atoms with Crippen LogP contribution in [0, 0.1) is 0 Å². The summed E-state index contributed by atoms with van der Waals surface area (Å²) in [5.74, 6) is -1.37. The van der Waals surface area contributed by atoms with Gasteiger partial charge in [0.15, 0.2) is 0 Å². The Bertz CT molecular complexity index is 462. The van der Waals surface area contributed by atoms with Crippen LogP contribution >= 0.6 is 0 Å². The Morgan fingerprint density at radius 3 is 2.70 bits per heavy atom. The van der Waals surface area contributed by atoms with Crippen molar-refractivity contribution in [1.29, 1.82) is 0 Å². The summed E-state index contributed by atoms with van der Waals surface area (Å²) in [5, 5.41) is 2.72. The standard InChI is InChI=1S/C14H17NO5/c1-19-12(16)7-8-13(17)20-10-4-9-15-14(18)11-5-2-3-6-11/h2,5-8H,3-4,9-10H2,1H3,(H,15,18)/b8-7+. The third kappa shape index (κ3) is 5.99. The Labute approximate surface area is 117 Å². The minimum atomic E-state index is -0.622. The molecule has 108 valence electrons. The van der Waals surface area contributed by atoms with Crippen molar-refractivity contribution in [1.82, 2.24) is 5.32 Å². The number of ether oxygens (including phenoxy) is 2. The average Bonchev–Trinajstić information content (AvgIpc) is 2.98. The Balaban J connectivity index is 2.08. The van der Waals surface area contributed by atoms with Crippen molar-refractivity contribution in [3.63, 3.8) is 0 Å². The number of hydrogen-bond donors (Lipinski definition) is 1. The SMILES string of the molecule is COC(=O)/C=C/C(=O)OCCCNC(=O)C1=CCC=C1. The molecule has 0 saturated heterocycles. The number of amides is 1. The lowest BCUT2D eigenvalue weighted by atomic mass is 10.2. The van der Waals surface area contributed by atoms with Crippen LogP contribution in [0.5, 0.6) is 0 Å². The monoisotopic (exact) mass is 279 g/mol. The van der Waals surface area contributed by atoms with Crippen molar-refractivity contribution in [2.75, 3.05) is 20.3 Å². The van der Waals surface area contributed by atoms with Gasteiger partial charge in [-0.1, -0.05) is 18.2 Å². The molecule has 0 radical (unpaired) electrons. The highest BCUT2D eigenvalue weighted by Crippen LogP contribution is 2.07. The fourth-order valence-corrected chi connectivity index (χ4v) is 1.43. The van der Waals surface area contributed by atoms with Gasteiger partial charge in [-0.2, -0.15) is 0 Å². The van der Waals surface area contributed by atoms with Gasteiger partial charge in [0.05, 0.1) is 13.7 Å². The van der Waals surface area contributed by atoms with E-state index in [1.54, 1.807) is 6.08 Å². The smallest absolute Gasteiger partial charge is 0.331 e. The highest BCUT2D eigenvalue weighted by Gasteiger charge is 2.07. The zero-order valence-corrected chi connectivity index (χ0v) is 11.3. The zero-order valence-electron chi connectivity index (χ0n) is 11.3.